The maximum absolute atomic E-state index is 5.77. The third-order valence-electron chi connectivity index (χ3n) is 5.43. The van der Waals surface area contributed by atoms with Gasteiger partial charge in [-0.2, -0.15) is 0 Å². The minimum atomic E-state index is 0.422. The van der Waals surface area contributed by atoms with Crippen LogP contribution in [-0.2, 0) is 0 Å². The van der Waals surface area contributed by atoms with Gasteiger partial charge in [0.05, 0.1) is 0 Å². The van der Waals surface area contributed by atoms with Crippen molar-refractivity contribution in [2.24, 2.45) is 22.1 Å². The Kier molecular flexibility index (Phi) is 7.21. The van der Waals surface area contributed by atoms with Crippen LogP contribution >= 0.6 is 0 Å². The fourth-order valence-electron chi connectivity index (χ4n) is 3.25. The van der Waals surface area contributed by atoms with Gasteiger partial charge in [-0.3, -0.25) is 4.99 Å². The average molecular weight is 290 g/mol. The van der Waals surface area contributed by atoms with E-state index in [0.29, 0.717) is 17.4 Å². The summed E-state index contributed by atoms with van der Waals surface area (Å²) in [5, 5.41) is 0. The molecule has 1 aliphatic rings. The molecule has 0 aromatic rings. The molecule has 1 aliphatic carbocycles. The highest BCUT2D eigenvalue weighted by atomic mass is 14.8. The lowest BCUT2D eigenvalue weighted by atomic mass is 9.75. The first-order valence-electron chi connectivity index (χ1n) is 8.64. The average Bonchev–Trinajstić information content (AvgIpc) is 2.50. The van der Waals surface area contributed by atoms with Gasteiger partial charge in [0.15, 0.2) is 0 Å². The normalized spacial score (nSPS) is 21.3. The first-order chi connectivity index (χ1) is 9.96. The summed E-state index contributed by atoms with van der Waals surface area (Å²) in [5.41, 5.74) is 8.43. The van der Waals surface area contributed by atoms with Crippen molar-refractivity contribution in [2.75, 3.05) is 0 Å². The standard InChI is InChI=1S/C19H34N2/c1-6-19(7-2,8-3)14-13-15(4)21-16(5)17-9-11-18(20)12-10-17/h9,11-12,15,17H,6-8,10,13-14,20H2,1-5H3/b21-16+. The fraction of sp³-hybridized carbons (Fsp3) is 0.737. The summed E-state index contributed by atoms with van der Waals surface area (Å²) >= 11 is 0. The van der Waals surface area contributed by atoms with Gasteiger partial charge in [0.1, 0.15) is 0 Å². The van der Waals surface area contributed by atoms with Crippen LogP contribution in [0.15, 0.2) is 28.9 Å². The summed E-state index contributed by atoms with van der Waals surface area (Å²) < 4.78 is 0. The van der Waals surface area contributed by atoms with E-state index in [1.54, 1.807) is 0 Å². The maximum Gasteiger partial charge on any atom is 0.0471 e. The Morgan fingerprint density at radius 2 is 1.95 bits per heavy atom. The Balaban J connectivity index is 2.54. The molecular weight excluding hydrogens is 256 g/mol. The second-order valence-electron chi connectivity index (χ2n) is 6.62. The van der Waals surface area contributed by atoms with Gasteiger partial charge in [-0.05, 0) is 44.6 Å². The molecule has 2 nitrogen and oxygen atoms in total. The van der Waals surface area contributed by atoms with Gasteiger partial charge in [-0.15, -0.1) is 0 Å². The van der Waals surface area contributed by atoms with Crippen LogP contribution in [0.3, 0.4) is 0 Å². The van der Waals surface area contributed by atoms with Crippen LogP contribution in [0.5, 0.6) is 0 Å². The molecule has 0 aromatic carbocycles. The van der Waals surface area contributed by atoms with Gasteiger partial charge in [-0.25, -0.2) is 0 Å². The number of nitrogens with zero attached hydrogens (tertiary/aromatic N) is 1. The number of hydrogen-bond acceptors (Lipinski definition) is 2. The minimum absolute atomic E-state index is 0.422. The Morgan fingerprint density at radius 3 is 2.43 bits per heavy atom. The smallest absolute Gasteiger partial charge is 0.0471 e. The summed E-state index contributed by atoms with van der Waals surface area (Å²) in [6, 6.07) is 0.422. The second kappa shape index (κ2) is 8.41. The van der Waals surface area contributed by atoms with Crippen molar-refractivity contribution in [3.63, 3.8) is 0 Å². The highest BCUT2D eigenvalue weighted by molar-refractivity contribution is 5.86. The Hall–Kier alpha value is -1.05. The quantitative estimate of drug-likeness (QED) is 0.609. The van der Waals surface area contributed by atoms with Gasteiger partial charge in [0.25, 0.3) is 0 Å². The third-order valence-corrected chi connectivity index (χ3v) is 5.43. The molecule has 120 valence electrons. The van der Waals surface area contributed by atoms with Crippen LogP contribution in [0.1, 0.15) is 73.1 Å². The van der Waals surface area contributed by atoms with Gasteiger partial charge in [-0.1, -0.05) is 52.2 Å². The third kappa shape index (κ3) is 5.33. The molecule has 2 N–H and O–H groups in total. The zero-order valence-electron chi connectivity index (χ0n) is 14.7. The molecule has 0 fully saturated rings. The zero-order valence-corrected chi connectivity index (χ0v) is 14.7. The van der Waals surface area contributed by atoms with Gasteiger partial charge >= 0.3 is 0 Å². The predicted molar refractivity (Wildman–Crippen MR) is 94.6 cm³/mol. The van der Waals surface area contributed by atoms with Gasteiger partial charge in [0.2, 0.25) is 0 Å². The molecule has 0 aromatic heterocycles. The van der Waals surface area contributed by atoms with E-state index in [9.17, 15) is 0 Å². The maximum atomic E-state index is 5.77. The summed E-state index contributed by atoms with van der Waals surface area (Å²) in [6.45, 7) is 11.4. The molecule has 1 rings (SSSR count). The van der Waals surface area contributed by atoms with Crippen LogP contribution < -0.4 is 5.73 Å². The largest absolute Gasteiger partial charge is 0.399 e. The number of hydrogen-bond donors (Lipinski definition) is 1. The highest BCUT2D eigenvalue weighted by Crippen LogP contribution is 2.36. The van der Waals surface area contributed by atoms with Gasteiger partial charge in [0, 0.05) is 23.4 Å². The van der Waals surface area contributed by atoms with Crippen LogP contribution in [0, 0.1) is 11.3 Å². The van der Waals surface area contributed by atoms with E-state index in [-0.39, 0.29) is 0 Å². The topological polar surface area (TPSA) is 38.4 Å². The van der Waals surface area contributed by atoms with E-state index < -0.39 is 0 Å². The molecule has 0 aliphatic heterocycles. The summed E-state index contributed by atoms with van der Waals surface area (Å²) in [5.74, 6) is 0.438. The first kappa shape index (κ1) is 18.0. The fourth-order valence-corrected chi connectivity index (χ4v) is 3.25. The SMILES string of the molecule is CCC(CC)(CC)CCC(C)/N=C(\C)C1C=CC(N)=CC1. The summed E-state index contributed by atoms with van der Waals surface area (Å²) in [4.78, 5) is 4.93. The Bertz CT molecular complexity index is 392. The molecule has 0 amide bonds. The number of rotatable bonds is 8. The summed E-state index contributed by atoms with van der Waals surface area (Å²) in [6.07, 6.45) is 13.6. The van der Waals surface area contributed by atoms with Crippen molar-refractivity contribution in [1.82, 2.24) is 0 Å². The lowest BCUT2D eigenvalue weighted by Crippen LogP contribution is -2.20. The lowest BCUT2D eigenvalue weighted by molar-refractivity contribution is 0.218. The predicted octanol–water partition coefficient (Wildman–Crippen LogP) is 5.25. The van der Waals surface area contributed by atoms with E-state index >= 15 is 0 Å². The Labute approximate surface area is 131 Å². The minimum Gasteiger partial charge on any atom is -0.399 e. The second-order valence-corrected chi connectivity index (χ2v) is 6.62. The Morgan fingerprint density at radius 1 is 1.33 bits per heavy atom. The molecule has 0 bridgehead atoms. The highest BCUT2D eigenvalue weighted by Gasteiger charge is 2.24. The van der Waals surface area contributed by atoms with Gasteiger partial charge < -0.3 is 5.73 Å². The van der Waals surface area contributed by atoms with E-state index in [1.165, 1.54) is 37.8 Å². The zero-order chi connectivity index (χ0) is 15.9. The van der Waals surface area contributed by atoms with Crippen molar-refractivity contribution in [1.29, 1.82) is 0 Å². The molecule has 0 saturated carbocycles. The van der Waals surface area contributed by atoms with Crippen molar-refractivity contribution >= 4 is 5.71 Å². The molecular formula is C19H34N2. The van der Waals surface area contributed by atoms with Crippen LogP contribution in [0.2, 0.25) is 0 Å². The molecule has 0 saturated heterocycles. The van der Waals surface area contributed by atoms with Crippen LogP contribution in [0.25, 0.3) is 0 Å². The molecule has 0 radical (unpaired) electrons. The van der Waals surface area contributed by atoms with Crippen LogP contribution in [-0.4, -0.2) is 11.8 Å². The summed E-state index contributed by atoms with van der Waals surface area (Å²) in [7, 11) is 0. The molecule has 2 heteroatoms. The molecule has 0 heterocycles. The van der Waals surface area contributed by atoms with Crippen molar-refractivity contribution in [2.45, 2.75) is 79.2 Å². The first-order valence-corrected chi connectivity index (χ1v) is 8.64. The van der Waals surface area contributed by atoms with E-state index in [1.807, 2.05) is 6.08 Å². The van der Waals surface area contributed by atoms with Crippen molar-refractivity contribution in [3.05, 3.63) is 23.9 Å². The molecule has 21 heavy (non-hydrogen) atoms. The van der Waals surface area contributed by atoms with Crippen molar-refractivity contribution < 1.29 is 0 Å². The number of nitrogens with two attached hydrogens (primary N) is 1. The molecule has 0 spiro atoms. The molecule has 2 atom stereocenters. The monoisotopic (exact) mass is 290 g/mol. The van der Waals surface area contributed by atoms with E-state index in [4.69, 9.17) is 10.7 Å². The van der Waals surface area contributed by atoms with Crippen LogP contribution in [0.4, 0.5) is 0 Å². The van der Waals surface area contributed by atoms with Crippen molar-refractivity contribution in [3.8, 4) is 0 Å². The number of aliphatic imine (C=N–C) groups is 1. The number of allylic oxidation sites excluding steroid dienone is 3. The lowest BCUT2D eigenvalue weighted by Gasteiger charge is -2.31. The van der Waals surface area contributed by atoms with E-state index in [2.05, 4.69) is 46.8 Å². The molecule has 2 unspecified atom stereocenters. The van der Waals surface area contributed by atoms with E-state index in [0.717, 1.165) is 12.1 Å².